The van der Waals surface area contributed by atoms with Gasteiger partial charge in [0.05, 0.1) is 16.4 Å². The van der Waals surface area contributed by atoms with E-state index >= 15 is 0 Å². The van der Waals surface area contributed by atoms with Gasteiger partial charge in [-0.1, -0.05) is 127 Å². The first-order chi connectivity index (χ1) is 24.3. The van der Waals surface area contributed by atoms with Crippen LogP contribution >= 0.6 is 0 Å². The maximum atomic E-state index is 6.80. The molecule has 5 nitrogen and oxygen atoms in total. The highest BCUT2D eigenvalue weighted by Crippen LogP contribution is 2.46. The Balaban J connectivity index is 1.42. The summed E-state index contributed by atoms with van der Waals surface area (Å²) >= 11 is 0. The van der Waals surface area contributed by atoms with Gasteiger partial charge in [0.1, 0.15) is 11.2 Å². The Morgan fingerprint density at radius 1 is 0.592 bits per heavy atom. The summed E-state index contributed by atoms with van der Waals surface area (Å²) in [6.45, 7) is 0. The molecule has 49 heavy (non-hydrogen) atoms. The number of benzene rings is 6. The molecule has 0 spiro atoms. The average Bonchev–Trinajstić information content (AvgIpc) is 3.58. The van der Waals surface area contributed by atoms with Crippen molar-refractivity contribution in [1.29, 1.82) is 0 Å². The van der Waals surface area contributed by atoms with E-state index in [1.165, 1.54) is 10.8 Å². The summed E-state index contributed by atoms with van der Waals surface area (Å²) in [5.41, 5.74) is 7.65. The Morgan fingerprint density at radius 3 is 2.20 bits per heavy atom. The van der Waals surface area contributed by atoms with E-state index in [-0.39, 0.29) is 0 Å². The van der Waals surface area contributed by atoms with Crippen LogP contribution in [0.15, 0.2) is 162 Å². The van der Waals surface area contributed by atoms with Crippen molar-refractivity contribution >= 4 is 60.1 Å². The molecule has 0 atom stereocenters. The van der Waals surface area contributed by atoms with Gasteiger partial charge in [-0.15, -0.1) is 0 Å². The van der Waals surface area contributed by atoms with Crippen LogP contribution in [0, 0.1) is 0 Å². The molecule has 0 amide bonds. The lowest BCUT2D eigenvalue weighted by atomic mass is 9.99. The maximum absolute atomic E-state index is 6.80. The molecule has 1 aliphatic rings. The van der Waals surface area contributed by atoms with E-state index < -0.39 is 0 Å². The molecule has 0 saturated carbocycles. The second-order valence-corrected chi connectivity index (χ2v) is 12.3. The molecule has 0 aliphatic heterocycles. The molecule has 3 aromatic heterocycles. The Labute approximate surface area is 281 Å². The normalized spacial score (nSPS) is 13.2. The number of allylic oxidation sites excluding steroid dienone is 6. The number of fused-ring (bicyclic) bond motifs is 9. The van der Waals surface area contributed by atoms with Gasteiger partial charge in [0.2, 0.25) is 0 Å². The maximum Gasteiger partial charge on any atom is 0.166 e. The number of furan rings is 1. The predicted octanol–water partition coefficient (Wildman–Crippen LogP) is 11.3. The van der Waals surface area contributed by atoms with Crippen LogP contribution in [-0.2, 0) is 0 Å². The van der Waals surface area contributed by atoms with E-state index in [1.807, 2.05) is 36.4 Å². The van der Waals surface area contributed by atoms with Crippen LogP contribution in [-0.4, -0.2) is 19.5 Å². The Morgan fingerprint density at radius 2 is 1.33 bits per heavy atom. The summed E-state index contributed by atoms with van der Waals surface area (Å²) in [6, 6.07) is 44.2. The molecule has 0 fully saturated rings. The first kappa shape index (κ1) is 27.5. The third kappa shape index (κ3) is 4.36. The van der Waals surface area contributed by atoms with Crippen LogP contribution in [0.1, 0.15) is 12.2 Å². The molecule has 0 bridgehead atoms. The van der Waals surface area contributed by atoms with Crippen LogP contribution in [0.5, 0.6) is 0 Å². The van der Waals surface area contributed by atoms with E-state index in [2.05, 4.69) is 126 Å². The smallest absolute Gasteiger partial charge is 0.166 e. The fourth-order valence-electron chi connectivity index (χ4n) is 7.25. The van der Waals surface area contributed by atoms with Gasteiger partial charge in [-0.25, -0.2) is 15.0 Å². The lowest BCUT2D eigenvalue weighted by Crippen LogP contribution is -2.04. The summed E-state index contributed by atoms with van der Waals surface area (Å²) in [5, 5.41) is 6.60. The molecule has 0 radical (unpaired) electrons. The Hall–Kier alpha value is -6.59. The van der Waals surface area contributed by atoms with Crippen LogP contribution in [0.3, 0.4) is 0 Å². The van der Waals surface area contributed by atoms with Gasteiger partial charge >= 0.3 is 0 Å². The third-order valence-corrected chi connectivity index (χ3v) is 9.44. The SMILES string of the molecule is C1=CCC=C(c2nc(-c3ccccc3)nc(-c3cc4c5ccccc5oc4c4c5c6ccccc6ccc5n(-c5ccccc5)c34)n2)C=C1. The number of para-hydroxylation sites is 2. The fourth-order valence-corrected chi connectivity index (χ4v) is 7.25. The van der Waals surface area contributed by atoms with Crippen molar-refractivity contribution in [2.24, 2.45) is 0 Å². The van der Waals surface area contributed by atoms with Crippen molar-refractivity contribution in [2.75, 3.05) is 0 Å². The molecule has 5 heteroatoms. The highest BCUT2D eigenvalue weighted by Gasteiger charge is 2.26. The summed E-state index contributed by atoms with van der Waals surface area (Å²) in [5.74, 6) is 1.88. The van der Waals surface area contributed by atoms with Gasteiger partial charge in [-0.2, -0.15) is 0 Å². The van der Waals surface area contributed by atoms with Gasteiger partial charge in [0, 0.05) is 38.5 Å². The monoisotopic (exact) mass is 628 g/mol. The number of aromatic nitrogens is 4. The minimum absolute atomic E-state index is 0.608. The highest BCUT2D eigenvalue weighted by atomic mass is 16.3. The zero-order valence-corrected chi connectivity index (χ0v) is 26.4. The van der Waals surface area contributed by atoms with E-state index in [1.54, 1.807) is 0 Å². The van der Waals surface area contributed by atoms with Gasteiger partial charge in [-0.05, 0) is 47.5 Å². The minimum Gasteiger partial charge on any atom is -0.455 e. The van der Waals surface area contributed by atoms with E-state index in [9.17, 15) is 0 Å². The zero-order valence-electron chi connectivity index (χ0n) is 26.4. The first-order valence-corrected chi connectivity index (χ1v) is 16.5. The van der Waals surface area contributed by atoms with Crippen LogP contribution in [0.25, 0.3) is 88.6 Å². The Bertz CT molecular complexity index is 2840. The first-order valence-electron chi connectivity index (χ1n) is 16.5. The third-order valence-electron chi connectivity index (χ3n) is 9.44. The molecule has 0 unspecified atom stereocenters. The largest absolute Gasteiger partial charge is 0.455 e. The molecule has 1 aliphatic carbocycles. The molecule has 10 rings (SSSR count). The number of nitrogens with zero attached hydrogens (tertiary/aromatic N) is 4. The minimum atomic E-state index is 0.608. The number of hydrogen-bond donors (Lipinski definition) is 0. The summed E-state index contributed by atoms with van der Waals surface area (Å²) in [7, 11) is 0. The standard InChI is InChI=1S/C44H28N4O/c1-2-6-17-29(16-5-1)42-45-43(30-18-7-3-8-19-30)47-44(46-42)35-27-34-33-23-13-14-24-37(33)49-41(34)39-38-32-22-12-11-15-28(32)25-26-36(38)48(40(35)39)31-20-9-4-10-21-31/h1-5,7-27H,6H2. The molecule has 9 aromatic rings. The van der Waals surface area contributed by atoms with Gasteiger partial charge in [0.15, 0.2) is 17.5 Å². The Kier molecular flexibility index (Phi) is 6.18. The summed E-state index contributed by atoms with van der Waals surface area (Å²) in [6.07, 6.45) is 11.3. The molecule has 0 saturated heterocycles. The number of hydrogen-bond acceptors (Lipinski definition) is 4. The van der Waals surface area contributed by atoms with Crippen molar-refractivity contribution in [1.82, 2.24) is 19.5 Å². The average molecular weight is 629 g/mol. The molecule has 3 heterocycles. The second kappa shape index (κ2) is 11.0. The quantitative estimate of drug-likeness (QED) is 0.195. The van der Waals surface area contributed by atoms with Crippen LogP contribution in [0.2, 0.25) is 0 Å². The van der Waals surface area contributed by atoms with Crippen molar-refractivity contribution < 1.29 is 4.42 Å². The van der Waals surface area contributed by atoms with Crippen molar-refractivity contribution in [3.05, 3.63) is 164 Å². The predicted molar refractivity (Wildman–Crippen MR) is 201 cm³/mol. The topological polar surface area (TPSA) is 56.7 Å². The lowest BCUT2D eigenvalue weighted by molar-refractivity contribution is 0.673. The number of rotatable bonds is 4. The molecule has 6 aromatic carbocycles. The zero-order chi connectivity index (χ0) is 32.3. The van der Waals surface area contributed by atoms with Gasteiger partial charge in [0.25, 0.3) is 0 Å². The lowest BCUT2D eigenvalue weighted by Gasteiger charge is -2.13. The van der Waals surface area contributed by atoms with Crippen molar-refractivity contribution in [3.63, 3.8) is 0 Å². The molecular formula is C44H28N4O. The molecule has 230 valence electrons. The van der Waals surface area contributed by atoms with Crippen LogP contribution < -0.4 is 0 Å². The van der Waals surface area contributed by atoms with E-state index in [4.69, 9.17) is 19.4 Å². The van der Waals surface area contributed by atoms with Crippen molar-refractivity contribution in [2.45, 2.75) is 6.42 Å². The summed E-state index contributed by atoms with van der Waals surface area (Å²) < 4.78 is 9.14. The highest BCUT2D eigenvalue weighted by molar-refractivity contribution is 6.32. The summed E-state index contributed by atoms with van der Waals surface area (Å²) in [4.78, 5) is 15.6. The van der Waals surface area contributed by atoms with Gasteiger partial charge in [-0.3, -0.25) is 0 Å². The van der Waals surface area contributed by atoms with E-state index in [0.29, 0.717) is 17.5 Å². The fraction of sp³-hybridized carbons (Fsp3) is 0.0227. The second-order valence-electron chi connectivity index (χ2n) is 12.3. The van der Waals surface area contributed by atoms with Crippen molar-refractivity contribution in [3.8, 4) is 28.5 Å². The molecular weight excluding hydrogens is 601 g/mol. The van der Waals surface area contributed by atoms with Gasteiger partial charge < -0.3 is 8.98 Å². The molecule has 0 N–H and O–H groups in total. The van der Waals surface area contributed by atoms with Crippen LogP contribution in [0.4, 0.5) is 0 Å². The van der Waals surface area contributed by atoms with E-state index in [0.717, 1.165) is 72.6 Å².